The minimum absolute atomic E-state index is 0.349. The van der Waals surface area contributed by atoms with E-state index in [1.54, 1.807) is 0 Å². The van der Waals surface area contributed by atoms with Gasteiger partial charge in [0.25, 0.3) is 0 Å². The molecule has 0 heterocycles. The van der Waals surface area contributed by atoms with E-state index in [9.17, 15) is 0 Å². The summed E-state index contributed by atoms with van der Waals surface area (Å²) >= 11 is 2.39. The van der Waals surface area contributed by atoms with Crippen LogP contribution in [0.3, 0.4) is 0 Å². The number of hydrogen-bond donors (Lipinski definition) is 0. The SMILES string of the molecule is C=C=N/C(C)=C(/CC(C)C=C)CN(/C(CC)=C(/C=C(/C)C(C)CC)C(=C)C)c1ccc(I)cc1C. The lowest BCUT2D eigenvalue weighted by atomic mass is 9.93. The van der Waals surface area contributed by atoms with Gasteiger partial charge in [0.2, 0.25) is 0 Å². The van der Waals surface area contributed by atoms with Crippen molar-refractivity contribution < 1.29 is 0 Å². The van der Waals surface area contributed by atoms with Crippen molar-refractivity contribution in [2.24, 2.45) is 16.8 Å². The second-order valence-corrected chi connectivity index (χ2v) is 10.8. The molecule has 0 N–H and O–H groups in total. The second kappa shape index (κ2) is 15.1. The molecule has 0 saturated heterocycles. The summed E-state index contributed by atoms with van der Waals surface area (Å²) in [7, 11) is 0. The number of benzene rings is 1. The molecule has 2 nitrogen and oxygen atoms in total. The van der Waals surface area contributed by atoms with Crippen molar-refractivity contribution in [3.05, 3.63) is 92.9 Å². The van der Waals surface area contributed by atoms with Crippen LogP contribution in [0.5, 0.6) is 0 Å². The van der Waals surface area contributed by atoms with E-state index in [0.717, 1.165) is 37.1 Å². The molecular weight excluding hydrogens is 539 g/mol. The zero-order chi connectivity index (χ0) is 26.7. The maximum atomic E-state index is 4.45. The van der Waals surface area contributed by atoms with E-state index in [-0.39, 0.29) is 0 Å². The van der Waals surface area contributed by atoms with Crippen molar-refractivity contribution in [1.29, 1.82) is 0 Å². The van der Waals surface area contributed by atoms with Crippen LogP contribution >= 0.6 is 22.6 Å². The van der Waals surface area contributed by atoms with Gasteiger partial charge in [-0.25, -0.2) is 4.99 Å². The number of aryl methyl sites for hydroxylation is 1. The minimum atomic E-state index is 0.349. The first-order valence-corrected chi connectivity index (χ1v) is 13.7. The summed E-state index contributed by atoms with van der Waals surface area (Å²) in [5.41, 5.74) is 9.69. The Kier molecular flexibility index (Phi) is 13.4. The molecular formula is C32H45IN2. The first-order chi connectivity index (χ1) is 16.5. The van der Waals surface area contributed by atoms with Gasteiger partial charge in [-0.05, 0) is 134 Å². The van der Waals surface area contributed by atoms with E-state index in [1.165, 1.54) is 37.2 Å². The smallest absolute Gasteiger partial charge is 0.0482 e. The molecule has 2 atom stereocenters. The average molecular weight is 585 g/mol. The van der Waals surface area contributed by atoms with Gasteiger partial charge in [0.05, 0.1) is 0 Å². The van der Waals surface area contributed by atoms with E-state index in [1.807, 2.05) is 6.08 Å². The normalized spacial score (nSPS) is 14.8. The zero-order valence-corrected chi connectivity index (χ0v) is 25.4. The quantitative estimate of drug-likeness (QED) is 0.0975. The number of hydrogen-bond acceptors (Lipinski definition) is 2. The summed E-state index contributed by atoms with van der Waals surface area (Å²) in [5.74, 6) is 3.62. The van der Waals surface area contributed by atoms with Crippen LogP contribution in [0.1, 0.15) is 73.3 Å². The number of aliphatic imine (C=N–C) groups is 1. The van der Waals surface area contributed by atoms with Crippen LogP contribution in [0.2, 0.25) is 0 Å². The summed E-state index contributed by atoms with van der Waals surface area (Å²) in [6, 6.07) is 6.68. The van der Waals surface area contributed by atoms with Gasteiger partial charge >= 0.3 is 0 Å². The number of nitrogens with zero attached hydrogens (tertiary/aromatic N) is 2. The summed E-state index contributed by atoms with van der Waals surface area (Å²) in [6.45, 7) is 30.5. The Morgan fingerprint density at radius 3 is 2.34 bits per heavy atom. The van der Waals surface area contributed by atoms with Crippen molar-refractivity contribution in [2.45, 2.75) is 74.7 Å². The molecule has 0 bridgehead atoms. The van der Waals surface area contributed by atoms with Gasteiger partial charge in [-0.2, -0.15) is 0 Å². The fourth-order valence-corrected chi connectivity index (χ4v) is 4.75. The Morgan fingerprint density at radius 2 is 1.86 bits per heavy atom. The van der Waals surface area contributed by atoms with Crippen molar-refractivity contribution in [3.63, 3.8) is 0 Å². The third kappa shape index (κ3) is 9.13. The van der Waals surface area contributed by atoms with Gasteiger partial charge in [-0.3, -0.25) is 0 Å². The number of allylic oxidation sites excluding steroid dienone is 7. The fourth-order valence-electron chi connectivity index (χ4n) is 4.11. The van der Waals surface area contributed by atoms with Gasteiger partial charge in [0, 0.05) is 27.2 Å². The molecule has 1 rings (SSSR count). The van der Waals surface area contributed by atoms with Crippen molar-refractivity contribution >= 4 is 34.1 Å². The van der Waals surface area contributed by atoms with Crippen LogP contribution in [0.25, 0.3) is 0 Å². The van der Waals surface area contributed by atoms with Crippen LogP contribution in [0.4, 0.5) is 5.69 Å². The van der Waals surface area contributed by atoms with Gasteiger partial charge in [0.15, 0.2) is 0 Å². The molecule has 0 spiro atoms. The molecule has 2 unspecified atom stereocenters. The molecule has 35 heavy (non-hydrogen) atoms. The third-order valence-corrected chi connectivity index (χ3v) is 7.39. The zero-order valence-electron chi connectivity index (χ0n) is 23.3. The number of halogens is 1. The molecule has 3 heteroatoms. The highest BCUT2D eigenvalue weighted by Crippen LogP contribution is 2.33. The Hall–Kier alpha value is -2.10. The number of rotatable bonds is 13. The Balaban J connectivity index is 3.95. The molecule has 0 radical (unpaired) electrons. The van der Waals surface area contributed by atoms with Gasteiger partial charge in [-0.1, -0.05) is 52.0 Å². The third-order valence-electron chi connectivity index (χ3n) is 6.72. The summed E-state index contributed by atoms with van der Waals surface area (Å²) in [4.78, 5) is 6.93. The molecule has 0 aliphatic rings. The molecule has 0 saturated carbocycles. The summed E-state index contributed by atoms with van der Waals surface area (Å²) in [5, 5.41) is 0. The summed E-state index contributed by atoms with van der Waals surface area (Å²) < 4.78 is 1.24. The van der Waals surface area contributed by atoms with Crippen LogP contribution in [-0.2, 0) is 0 Å². The molecule has 1 aromatic rings. The lowest BCUT2D eigenvalue weighted by Crippen LogP contribution is -2.28. The van der Waals surface area contributed by atoms with E-state index in [2.05, 4.69) is 138 Å². The number of anilines is 1. The van der Waals surface area contributed by atoms with E-state index >= 15 is 0 Å². The highest BCUT2D eigenvalue weighted by Gasteiger charge is 2.21. The lowest BCUT2D eigenvalue weighted by Gasteiger charge is -2.33. The Labute approximate surface area is 229 Å². The molecule has 190 valence electrons. The summed E-state index contributed by atoms with van der Waals surface area (Å²) in [6.07, 6.45) is 7.28. The highest BCUT2D eigenvalue weighted by molar-refractivity contribution is 14.1. The molecule has 0 fully saturated rings. The standard InChI is InChI=1S/C32H45IN2/c1-12-23(7)18-28(27(11)34-15-4)21-35(32-17-16-29(33)19-26(32)10)31(14-3)30(22(5)6)20-25(9)24(8)13-2/h12,16-17,19-20,23-24H,1,4-5,13-14,18,21H2,2-3,6-11H3/b25-20-,28-27-,31-30-. The molecule has 1 aromatic carbocycles. The van der Waals surface area contributed by atoms with Crippen molar-refractivity contribution in [1.82, 2.24) is 0 Å². The van der Waals surface area contributed by atoms with Crippen LogP contribution < -0.4 is 4.90 Å². The maximum absolute atomic E-state index is 4.45. The minimum Gasteiger partial charge on any atom is -0.340 e. The fraction of sp³-hybridized carbons (Fsp3) is 0.438. The van der Waals surface area contributed by atoms with E-state index in [4.69, 9.17) is 0 Å². The molecule has 0 aliphatic heterocycles. The van der Waals surface area contributed by atoms with Crippen LogP contribution in [-0.4, -0.2) is 12.4 Å². The van der Waals surface area contributed by atoms with Crippen LogP contribution in [0, 0.1) is 22.3 Å². The van der Waals surface area contributed by atoms with Gasteiger partial charge in [-0.15, -0.1) is 6.58 Å². The first-order valence-electron chi connectivity index (χ1n) is 12.6. The predicted molar refractivity (Wildman–Crippen MR) is 166 cm³/mol. The van der Waals surface area contributed by atoms with Gasteiger partial charge in [0.1, 0.15) is 0 Å². The Morgan fingerprint density at radius 1 is 1.20 bits per heavy atom. The topological polar surface area (TPSA) is 15.6 Å². The predicted octanol–water partition coefficient (Wildman–Crippen LogP) is 9.98. The molecule has 0 amide bonds. The first kappa shape index (κ1) is 30.9. The largest absolute Gasteiger partial charge is 0.340 e. The molecule has 0 aliphatic carbocycles. The highest BCUT2D eigenvalue weighted by atomic mass is 127. The lowest BCUT2D eigenvalue weighted by molar-refractivity contribution is 0.654. The van der Waals surface area contributed by atoms with Crippen molar-refractivity contribution in [2.75, 3.05) is 11.4 Å². The maximum Gasteiger partial charge on any atom is 0.0482 e. The monoisotopic (exact) mass is 584 g/mol. The van der Waals surface area contributed by atoms with Crippen molar-refractivity contribution in [3.8, 4) is 0 Å². The average Bonchev–Trinajstić information content (AvgIpc) is 2.81. The molecule has 0 aromatic heterocycles. The van der Waals surface area contributed by atoms with Gasteiger partial charge < -0.3 is 4.90 Å². The van der Waals surface area contributed by atoms with Crippen LogP contribution in [0.15, 0.2) is 88.8 Å². The van der Waals surface area contributed by atoms with E-state index in [0.29, 0.717) is 11.8 Å². The second-order valence-electron chi connectivity index (χ2n) is 9.58. The Bertz CT molecular complexity index is 1050. The van der Waals surface area contributed by atoms with E-state index < -0.39 is 0 Å².